The zero-order chi connectivity index (χ0) is 14.0. The van der Waals surface area contributed by atoms with Crippen molar-refractivity contribution < 1.29 is 19.3 Å². The molecule has 0 aromatic heterocycles. The standard InChI is InChI=1S/C13H29NO4/c1-13(2,3)12(14)11(10-15)18-9-8-17-7-5-6-16-4/h11-12,15H,5-10,14H2,1-4H3. The van der Waals surface area contributed by atoms with E-state index in [9.17, 15) is 5.11 Å². The molecule has 2 unspecified atom stereocenters. The number of methoxy groups -OCH3 is 1. The minimum Gasteiger partial charge on any atom is -0.394 e. The van der Waals surface area contributed by atoms with Gasteiger partial charge >= 0.3 is 0 Å². The van der Waals surface area contributed by atoms with E-state index in [1.165, 1.54) is 0 Å². The van der Waals surface area contributed by atoms with Crippen LogP contribution in [0.5, 0.6) is 0 Å². The van der Waals surface area contributed by atoms with Crippen LogP contribution in [0.25, 0.3) is 0 Å². The van der Waals surface area contributed by atoms with Gasteiger partial charge in [-0.05, 0) is 11.8 Å². The van der Waals surface area contributed by atoms with Crippen LogP contribution in [-0.2, 0) is 14.2 Å². The molecule has 0 aliphatic heterocycles. The van der Waals surface area contributed by atoms with E-state index in [0.29, 0.717) is 26.4 Å². The van der Waals surface area contributed by atoms with Crippen LogP contribution >= 0.6 is 0 Å². The average molecular weight is 263 g/mol. The van der Waals surface area contributed by atoms with Crippen molar-refractivity contribution in [2.75, 3.05) is 40.1 Å². The van der Waals surface area contributed by atoms with Crippen LogP contribution in [0.15, 0.2) is 0 Å². The summed E-state index contributed by atoms with van der Waals surface area (Å²) in [4.78, 5) is 0. The van der Waals surface area contributed by atoms with Crippen molar-refractivity contribution in [3.63, 3.8) is 0 Å². The van der Waals surface area contributed by atoms with E-state index in [2.05, 4.69) is 0 Å². The molecule has 0 bridgehead atoms. The molecule has 0 aliphatic rings. The molecule has 0 aromatic rings. The van der Waals surface area contributed by atoms with Gasteiger partial charge in [0.05, 0.1) is 25.9 Å². The van der Waals surface area contributed by atoms with E-state index >= 15 is 0 Å². The highest BCUT2D eigenvalue weighted by Gasteiger charge is 2.29. The molecule has 0 rings (SSSR count). The number of rotatable bonds is 10. The fourth-order valence-corrected chi connectivity index (χ4v) is 1.49. The van der Waals surface area contributed by atoms with Gasteiger partial charge in [-0.3, -0.25) is 0 Å². The summed E-state index contributed by atoms with van der Waals surface area (Å²) in [7, 11) is 1.67. The second kappa shape index (κ2) is 9.69. The normalized spacial score (nSPS) is 15.7. The van der Waals surface area contributed by atoms with Crippen molar-refractivity contribution in [2.24, 2.45) is 11.1 Å². The van der Waals surface area contributed by atoms with Gasteiger partial charge in [0.25, 0.3) is 0 Å². The van der Waals surface area contributed by atoms with Crippen molar-refractivity contribution in [1.29, 1.82) is 0 Å². The molecule has 110 valence electrons. The van der Waals surface area contributed by atoms with E-state index in [1.54, 1.807) is 7.11 Å². The highest BCUT2D eigenvalue weighted by molar-refractivity contribution is 4.84. The Bertz CT molecular complexity index is 194. The number of aliphatic hydroxyl groups is 1. The molecule has 0 heterocycles. The molecule has 5 heteroatoms. The van der Waals surface area contributed by atoms with Crippen LogP contribution in [0.2, 0.25) is 0 Å². The van der Waals surface area contributed by atoms with Gasteiger partial charge in [0.1, 0.15) is 0 Å². The second-order valence-corrected chi connectivity index (χ2v) is 5.44. The molecule has 0 amide bonds. The fourth-order valence-electron chi connectivity index (χ4n) is 1.49. The molecule has 0 saturated carbocycles. The predicted octanol–water partition coefficient (Wildman–Crippen LogP) is 0.790. The summed E-state index contributed by atoms with van der Waals surface area (Å²) in [6.07, 6.45) is 0.536. The SMILES string of the molecule is COCCCOCCOC(CO)C(N)C(C)(C)C. The van der Waals surface area contributed by atoms with E-state index in [0.717, 1.165) is 6.42 Å². The van der Waals surface area contributed by atoms with Crippen molar-refractivity contribution in [1.82, 2.24) is 0 Å². The Kier molecular flexibility index (Phi) is 9.59. The largest absolute Gasteiger partial charge is 0.394 e. The zero-order valence-electron chi connectivity index (χ0n) is 12.1. The lowest BCUT2D eigenvalue weighted by molar-refractivity contribution is -0.0472. The van der Waals surface area contributed by atoms with Gasteiger partial charge in [0.2, 0.25) is 0 Å². The maximum atomic E-state index is 9.27. The van der Waals surface area contributed by atoms with Gasteiger partial charge in [0, 0.05) is 26.4 Å². The van der Waals surface area contributed by atoms with Gasteiger partial charge < -0.3 is 25.1 Å². The lowest BCUT2D eigenvalue weighted by Gasteiger charge is -2.33. The number of hydrogen-bond donors (Lipinski definition) is 2. The van der Waals surface area contributed by atoms with E-state index in [1.807, 2.05) is 20.8 Å². The van der Waals surface area contributed by atoms with Gasteiger partial charge in [-0.25, -0.2) is 0 Å². The van der Waals surface area contributed by atoms with Gasteiger partial charge in [-0.15, -0.1) is 0 Å². The quantitative estimate of drug-likeness (QED) is 0.570. The van der Waals surface area contributed by atoms with Gasteiger partial charge in [0.15, 0.2) is 0 Å². The summed E-state index contributed by atoms with van der Waals surface area (Å²) in [5.41, 5.74) is 5.95. The molecular formula is C13H29NO4. The number of nitrogens with two attached hydrogens (primary N) is 1. The first-order chi connectivity index (χ1) is 8.43. The van der Waals surface area contributed by atoms with Crippen LogP contribution in [-0.4, -0.2) is 57.4 Å². The minimum atomic E-state index is -0.340. The topological polar surface area (TPSA) is 73.9 Å². The Morgan fingerprint density at radius 3 is 2.28 bits per heavy atom. The smallest absolute Gasteiger partial charge is 0.0962 e. The summed E-state index contributed by atoms with van der Waals surface area (Å²) < 4.78 is 15.8. The number of ether oxygens (including phenoxy) is 3. The Morgan fingerprint density at radius 2 is 1.78 bits per heavy atom. The predicted molar refractivity (Wildman–Crippen MR) is 71.6 cm³/mol. The minimum absolute atomic E-state index is 0.0673. The molecule has 0 aliphatic carbocycles. The lowest BCUT2D eigenvalue weighted by Crippen LogP contribution is -2.48. The molecule has 0 aromatic carbocycles. The summed E-state index contributed by atoms with van der Waals surface area (Å²) in [5.74, 6) is 0. The third-order valence-electron chi connectivity index (χ3n) is 2.78. The highest BCUT2D eigenvalue weighted by Crippen LogP contribution is 2.21. The molecule has 3 N–H and O–H groups in total. The Morgan fingerprint density at radius 1 is 1.11 bits per heavy atom. The molecule has 0 spiro atoms. The molecule has 0 fully saturated rings. The molecular weight excluding hydrogens is 234 g/mol. The fraction of sp³-hybridized carbons (Fsp3) is 1.00. The zero-order valence-corrected chi connectivity index (χ0v) is 12.1. The maximum absolute atomic E-state index is 9.27. The molecule has 18 heavy (non-hydrogen) atoms. The molecule has 2 atom stereocenters. The van der Waals surface area contributed by atoms with Gasteiger partial charge in [-0.2, -0.15) is 0 Å². The molecule has 5 nitrogen and oxygen atoms in total. The summed E-state index contributed by atoms with van der Waals surface area (Å²) in [5, 5.41) is 9.27. The first-order valence-electron chi connectivity index (χ1n) is 6.48. The first-order valence-corrected chi connectivity index (χ1v) is 6.48. The first kappa shape index (κ1) is 17.8. The monoisotopic (exact) mass is 263 g/mol. The van der Waals surface area contributed by atoms with Crippen molar-refractivity contribution in [3.05, 3.63) is 0 Å². The molecule has 0 radical (unpaired) electrons. The van der Waals surface area contributed by atoms with Crippen molar-refractivity contribution in [2.45, 2.75) is 39.3 Å². The van der Waals surface area contributed by atoms with Crippen LogP contribution < -0.4 is 5.73 Å². The van der Waals surface area contributed by atoms with Gasteiger partial charge in [-0.1, -0.05) is 20.8 Å². The third-order valence-corrected chi connectivity index (χ3v) is 2.78. The third kappa shape index (κ3) is 8.00. The summed E-state index contributed by atoms with van der Waals surface area (Å²) >= 11 is 0. The van der Waals surface area contributed by atoms with Crippen molar-refractivity contribution >= 4 is 0 Å². The average Bonchev–Trinajstić information content (AvgIpc) is 2.31. The number of aliphatic hydroxyl groups excluding tert-OH is 1. The Labute approximate surface area is 111 Å². The molecule has 0 saturated heterocycles. The van der Waals surface area contributed by atoms with Crippen LogP contribution in [0.3, 0.4) is 0 Å². The van der Waals surface area contributed by atoms with E-state index in [-0.39, 0.29) is 24.2 Å². The van der Waals surface area contributed by atoms with E-state index in [4.69, 9.17) is 19.9 Å². The van der Waals surface area contributed by atoms with Crippen LogP contribution in [0, 0.1) is 5.41 Å². The van der Waals surface area contributed by atoms with Crippen LogP contribution in [0.1, 0.15) is 27.2 Å². The highest BCUT2D eigenvalue weighted by atomic mass is 16.5. The summed E-state index contributed by atoms with van der Waals surface area (Å²) in [6, 6.07) is -0.198. The second-order valence-electron chi connectivity index (χ2n) is 5.44. The lowest BCUT2D eigenvalue weighted by atomic mass is 9.84. The summed E-state index contributed by atoms with van der Waals surface area (Å²) in [6.45, 7) is 8.35. The Balaban J connectivity index is 3.68. The van der Waals surface area contributed by atoms with E-state index < -0.39 is 0 Å². The Hall–Kier alpha value is -0.200. The van der Waals surface area contributed by atoms with Crippen LogP contribution in [0.4, 0.5) is 0 Å². The maximum Gasteiger partial charge on any atom is 0.0962 e. The number of hydrogen-bond acceptors (Lipinski definition) is 5. The van der Waals surface area contributed by atoms with Crippen molar-refractivity contribution in [3.8, 4) is 0 Å².